The summed E-state index contributed by atoms with van der Waals surface area (Å²) in [5, 5.41) is 26.5. The molecule has 0 fully saturated rings. The maximum Gasteiger partial charge on any atom is 0.438 e. The Balaban J connectivity index is 0. The normalized spacial score (nSPS) is 12.7. The molecular weight excluding hydrogens is 997 g/mol. The second-order valence-electron chi connectivity index (χ2n) is 19.3. The number of benzene rings is 1. The van der Waals surface area contributed by atoms with Crippen molar-refractivity contribution in [2.24, 2.45) is 32.8 Å². The lowest BCUT2D eigenvalue weighted by atomic mass is 9.93. The van der Waals surface area contributed by atoms with Crippen molar-refractivity contribution in [1.82, 2.24) is 52.2 Å². The van der Waals surface area contributed by atoms with Crippen LogP contribution in [0.2, 0.25) is 0 Å². The number of rotatable bonds is 8. The number of hydrogen-bond donors (Lipinski definition) is 7. The largest absolute Gasteiger partial charge is 0.503 e. The number of H-pyrrole nitrogens is 2. The minimum atomic E-state index is -0.920. The predicted molar refractivity (Wildman–Crippen MR) is 302 cm³/mol. The Kier molecular flexibility index (Phi) is 32.2. The fourth-order valence-corrected chi connectivity index (χ4v) is 5.55. The maximum absolute atomic E-state index is 13.0. The molecule has 6 heterocycles. The van der Waals surface area contributed by atoms with Crippen molar-refractivity contribution in [1.29, 1.82) is 0 Å². The number of amidine groups is 2. The van der Waals surface area contributed by atoms with E-state index in [4.69, 9.17) is 19.2 Å². The molecule has 0 atom stereocenters. The number of aliphatic imine (C=N–C) groups is 2. The first-order chi connectivity index (χ1) is 34.9. The van der Waals surface area contributed by atoms with Gasteiger partial charge in [0, 0.05) is 46.8 Å². The van der Waals surface area contributed by atoms with E-state index in [2.05, 4.69) is 133 Å². The van der Waals surface area contributed by atoms with Crippen LogP contribution < -0.4 is 38.4 Å². The Morgan fingerprint density at radius 2 is 1.26 bits per heavy atom. The molecule has 0 spiro atoms. The molecule has 7 N–H and O–H groups in total. The minimum absolute atomic E-state index is 0. The van der Waals surface area contributed by atoms with Crippen LogP contribution in [0, 0.1) is 43.2 Å². The molecule has 430 valence electrons. The number of aromatic hydroxyl groups is 1. The van der Waals surface area contributed by atoms with Crippen molar-refractivity contribution >= 4 is 17.6 Å². The molecule has 3 aliphatic rings. The van der Waals surface area contributed by atoms with E-state index in [1.807, 2.05) is 68.4 Å². The van der Waals surface area contributed by atoms with Gasteiger partial charge in [0.05, 0.1) is 5.69 Å². The Hall–Kier alpha value is -7.72. The van der Waals surface area contributed by atoms with Crippen molar-refractivity contribution in [3.63, 3.8) is 0 Å². The van der Waals surface area contributed by atoms with Crippen LogP contribution >= 0.6 is 0 Å². The van der Waals surface area contributed by atoms with Crippen LogP contribution in [0.1, 0.15) is 195 Å². The fraction of sp³-hybridized carbons (Fsp3) is 0.519. The lowest BCUT2D eigenvalue weighted by Gasteiger charge is -2.08. The highest BCUT2D eigenvalue weighted by atomic mass is 19.1. The van der Waals surface area contributed by atoms with E-state index < -0.39 is 23.1 Å². The SMILES string of the molecule is C.C.C=C1N=C(C(C)C)NN1.C=C1N=C(C(C)C)NO1.C=C1NN=C(C(C)C)O1.CC(C)c1ccc(F)c(O)c1F.CC(C)c1ncn[nH]1.CC(C)c1noc(=O)[nH]1.Cc1c(C(C)C)c(=O)c1=O.Cc1cc(C(C)C)no1. The van der Waals surface area contributed by atoms with E-state index >= 15 is 0 Å². The van der Waals surface area contributed by atoms with Crippen LogP contribution in [0.15, 0.2) is 100 Å². The van der Waals surface area contributed by atoms with Gasteiger partial charge in [-0.2, -0.15) is 10.1 Å². The molecule has 0 saturated heterocycles. The topological polar surface area (TPSA) is 285 Å². The number of aromatic nitrogens is 6. The molecule has 0 bridgehead atoms. The molecule has 2 aromatic carbocycles. The second kappa shape index (κ2) is 34.8. The molecule has 77 heavy (non-hydrogen) atoms. The van der Waals surface area contributed by atoms with Crippen LogP contribution in [0.5, 0.6) is 5.75 Å². The molecule has 8 rings (SSSR count). The highest BCUT2D eigenvalue weighted by Crippen LogP contribution is 2.27. The zero-order valence-electron chi connectivity index (χ0n) is 46.7. The van der Waals surface area contributed by atoms with E-state index in [-0.39, 0.29) is 43.5 Å². The summed E-state index contributed by atoms with van der Waals surface area (Å²) in [4.78, 5) is 51.0. The molecule has 21 nitrogen and oxygen atoms in total. The first-order valence-electron chi connectivity index (χ1n) is 24.4. The van der Waals surface area contributed by atoms with Crippen molar-refractivity contribution in [2.45, 2.75) is 169 Å². The zero-order valence-corrected chi connectivity index (χ0v) is 46.7. The molecule has 23 heteroatoms. The number of ether oxygens (including phenoxy) is 1. The molecule has 3 aliphatic heterocycles. The molecule has 0 amide bonds. The Morgan fingerprint density at radius 3 is 1.52 bits per heavy atom. The zero-order chi connectivity index (χ0) is 57.4. The quantitative estimate of drug-likeness (QED) is 0.0711. The van der Waals surface area contributed by atoms with Gasteiger partial charge in [-0.05, 0) is 56.4 Å². The molecule has 0 radical (unpaired) electrons. The summed E-state index contributed by atoms with van der Waals surface area (Å²) in [5.74, 6) is 5.89. The van der Waals surface area contributed by atoms with Gasteiger partial charge < -0.3 is 19.2 Å². The summed E-state index contributed by atoms with van der Waals surface area (Å²) < 4.78 is 39.8. The number of hydroxylamine groups is 1. The number of aromatic amines is 2. The highest BCUT2D eigenvalue weighted by Gasteiger charge is 2.19. The Bertz CT molecular complexity index is 2750. The van der Waals surface area contributed by atoms with Crippen LogP contribution in [0.25, 0.3) is 0 Å². The average Bonchev–Trinajstić information content (AvgIpc) is 4.20. The lowest BCUT2D eigenvalue weighted by Crippen LogP contribution is -2.38. The standard InChI is InChI=1S/C9H10F2O.C8H10O2.C7H11NO.C6H11N3.2C6H10N2O.C5H9N3.C5H8N2O2.2CH4/c1-5(2)6-3-4-7(10)9(12)8(6)11;1-4(2)6-5(3)7(9)8(6)10;1-5(2)7-4-6(3)9-8-7;1-4(2)6-7-5(3)8-9-6;1-4(2)6-8-7-5(3)9-6;1-4(2)6-7-5(3)9-8-6;1-4(2)5-6-3-7-8-5;1-3(2)4-6-5(8)9-7-4;;/h3-5,12H,1-2H3;4H,1-3H3;4-5H,1-3H3;4,8H,3H2,1-2H3,(H,7,9);4,7H,3H2,1-2H3;4H,3H2,1-2H3,(H,7,8);3-4H,1-2H3,(H,6,7,8);3H,1-2H3,(H,6,7,8);2*1H4. The molecule has 3 aromatic heterocycles. The van der Waals surface area contributed by atoms with Gasteiger partial charge >= 0.3 is 5.76 Å². The monoisotopic (exact) mass is 1080 g/mol. The summed E-state index contributed by atoms with van der Waals surface area (Å²) in [6.07, 6.45) is 1.52. The van der Waals surface area contributed by atoms with Gasteiger partial charge in [0.15, 0.2) is 23.2 Å². The molecule has 5 aromatic rings. The first-order valence-corrected chi connectivity index (χ1v) is 24.4. The summed E-state index contributed by atoms with van der Waals surface area (Å²) >= 11 is 0. The van der Waals surface area contributed by atoms with Gasteiger partial charge in [-0.3, -0.25) is 35.0 Å². The van der Waals surface area contributed by atoms with E-state index in [1.165, 1.54) is 12.4 Å². The Labute approximate surface area is 452 Å². The van der Waals surface area contributed by atoms with Crippen molar-refractivity contribution in [3.05, 3.63) is 144 Å². The lowest BCUT2D eigenvalue weighted by molar-refractivity contribution is 0.176. The third-order valence-electron chi connectivity index (χ3n) is 9.93. The van der Waals surface area contributed by atoms with Crippen LogP contribution in [0.3, 0.4) is 0 Å². The van der Waals surface area contributed by atoms with Gasteiger partial charge in [-0.15, -0.1) is 5.10 Å². The molecule has 0 unspecified atom stereocenters. The fourth-order valence-electron chi connectivity index (χ4n) is 5.55. The van der Waals surface area contributed by atoms with Crippen LogP contribution in [-0.2, 0) is 9.57 Å². The number of hydrogen-bond acceptors (Lipinski definition) is 19. The summed E-state index contributed by atoms with van der Waals surface area (Å²) in [5.41, 5.74) is 13.1. The number of hydrazine groups is 1. The maximum atomic E-state index is 13.0. The Morgan fingerprint density at radius 1 is 0.662 bits per heavy atom. The van der Waals surface area contributed by atoms with E-state index in [9.17, 15) is 23.2 Å². The van der Waals surface area contributed by atoms with E-state index in [0.29, 0.717) is 75.6 Å². The van der Waals surface area contributed by atoms with Crippen LogP contribution in [0.4, 0.5) is 8.78 Å². The predicted octanol–water partition coefficient (Wildman–Crippen LogP) is 11.0. The molecule has 0 aliphatic carbocycles. The van der Waals surface area contributed by atoms with E-state index in [1.54, 1.807) is 20.8 Å². The van der Waals surface area contributed by atoms with Gasteiger partial charge in [0.25, 0.3) is 0 Å². The minimum Gasteiger partial charge on any atom is -0.503 e. The second-order valence-corrected chi connectivity index (χ2v) is 19.3. The van der Waals surface area contributed by atoms with Crippen molar-refractivity contribution in [3.8, 4) is 5.75 Å². The molecule has 0 saturated carbocycles. The number of halogens is 2. The summed E-state index contributed by atoms with van der Waals surface area (Å²) in [7, 11) is 0. The number of nitrogens with zero attached hydrogens (tertiary/aromatic N) is 7. The number of nitrogens with one attached hydrogen (secondary N) is 6. The van der Waals surface area contributed by atoms with Gasteiger partial charge in [0.1, 0.15) is 35.4 Å². The van der Waals surface area contributed by atoms with Crippen molar-refractivity contribution in [2.75, 3.05) is 0 Å². The third-order valence-corrected chi connectivity index (χ3v) is 9.93. The number of aryl methyl sites for hydroxylation is 1. The number of phenols is 1. The summed E-state index contributed by atoms with van der Waals surface area (Å²) in [6, 6.07) is 4.37. The van der Waals surface area contributed by atoms with E-state index in [0.717, 1.165) is 35.0 Å². The van der Waals surface area contributed by atoms with Crippen molar-refractivity contribution < 1.29 is 32.5 Å². The highest BCUT2D eigenvalue weighted by molar-refractivity contribution is 5.86. The molecular formula is C54H87F2N13O8. The first kappa shape index (κ1) is 71.4. The third kappa shape index (κ3) is 25.1. The van der Waals surface area contributed by atoms with Gasteiger partial charge in [-0.25, -0.2) is 34.5 Å². The van der Waals surface area contributed by atoms with Gasteiger partial charge in [0.2, 0.25) is 28.5 Å². The van der Waals surface area contributed by atoms with Crippen LogP contribution in [-0.4, -0.2) is 53.2 Å². The van der Waals surface area contributed by atoms with Gasteiger partial charge in [-0.1, -0.05) is 149 Å². The average molecular weight is 1080 g/mol. The number of hydrazone groups is 1. The summed E-state index contributed by atoms with van der Waals surface area (Å²) in [6.45, 7) is 46.1. The number of phenolic OH excluding ortho intramolecular Hbond substituents is 1. The smallest absolute Gasteiger partial charge is 0.438 e.